The first kappa shape index (κ1) is 13.2. The Labute approximate surface area is 112 Å². The number of ketones is 1. The van der Waals surface area contributed by atoms with E-state index in [1.807, 2.05) is 20.8 Å². The summed E-state index contributed by atoms with van der Waals surface area (Å²) in [5.41, 5.74) is -1.20. The van der Waals surface area contributed by atoms with Crippen molar-refractivity contribution >= 4 is 17.1 Å². The van der Waals surface area contributed by atoms with Gasteiger partial charge in [-0.3, -0.25) is 4.79 Å². The van der Waals surface area contributed by atoms with Crippen LogP contribution in [0.3, 0.4) is 0 Å². The summed E-state index contributed by atoms with van der Waals surface area (Å²) in [6, 6.07) is 2.31. The van der Waals surface area contributed by atoms with E-state index in [-0.39, 0.29) is 11.2 Å². The van der Waals surface area contributed by atoms with Gasteiger partial charge in [0.15, 0.2) is 5.78 Å². The van der Waals surface area contributed by atoms with Gasteiger partial charge in [-0.15, -0.1) is 11.3 Å². The summed E-state index contributed by atoms with van der Waals surface area (Å²) in [6.07, 6.45) is 4.84. The number of rotatable bonds is 2. The molecule has 1 aliphatic carbocycles. The molecule has 18 heavy (non-hydrogen) atoms. The van der Waals surface area contributed by atoms with Crippen LogP contribution in [0, 0.1) is 29.1 Å². The predicted molar refractivity (Wildman–Crippen MR) is 71.2 cm³/mol. The lowest BCUT2D eigenvalue weighted by molar-refractivity contribution is -0.138. The average Bonchev–Trinajstić information content (AvgIpc) is 2.71. The zero-order valence-electron chi connectivity index (χ0n) is 11.1. The van der Waals surface area contributed by atoms with Crippen molar-refractivity contribution in [2.75, 3.05) is 0 Å². The van der Waals surface area contributed by atoms with E-state index in [0.29, 0.717) is 12.8 Å². The van der Waals surface area contributed by atoms with Crippen LogP contribution < -0.4 is 0 Å². The van der Waals surface area contributed by atoms with Crippen molar-refractivity contribution in [3.8, 4) is 6.07 Å². The van der Waals surface area contributed by atoms with E-state index in [4.69, 9.17) is 0 Å². The second-order valence-electron chi connectivity index (χ2n) is 5.78. The van der Waals surface area contributed by atoms with Crippen LogP contribution in [0.25, 0.3) is 0 Å². The van der Waals surface area contributed by atoms with E-state index in [9.17, 15) is 10.1 Å². The summed E-state index contributed by atoms with van der Waals surface area (Å²) < 4.78 is 0. The molecule has 1 heterocycles. The molecule has 0 bridgehead atoms. The summed E-state index contributed by atoms with van der Waals surface area (Å²) in [6.45, 7) is 5.86. The first-order valence-corrected chi connectivity index (χ1v) is 7.09. The Morgan fingerprint density at radius 3 is 2.78 bits per heavy atom. The molecule has 1 aliphatic rings. The van der Waals surface area contributed by atoms with Crippen LogP contribution in [0.4, 0.5) is 0 Å². The number of carbonyl (C=O) groups excluding carboxylic acids is 1. The van der Waals surface area contributed by atoms with Crippen LogP contribution in [0.15, 0.2) is 6.20 Å². The Morgan fingerprint density at radius 1 is 1.50 bits per heavy atom. The lowest BCUT2D eigenvalue weighted by atomic mass is 9.61. The Bertz CT molecular complexity index is 512. The fraction of sp³-hybridized carbons (Fsp3) is 0.643. The molecule has 0 amide bonds. The minimum atomic E-state index is -0.833. The Balaban J connectivity index is 2.31. The van der Waals surface area contributed by atoms with Gasteiger partial charge in [0.05, 0.1) is 11.1 Å². The largest absolute Gasteiger partial charge is 0.297 e. The van der Waals surface area contributed by atoms with Crippen LogP contribution in [-0.2, 0) is 11.2 Å². The average molecular weight is 262 g/mol. The molecule has 1 unspecified atom stereocenters. The molecule has 0 N–H and O–H groups in total. The molecule has 96 valence electrons. The quantitative estimate of drug-likeness (QED) is 0.821. The van der Waals surface area contributed by atoms with Crippen molar-refractivity contribution in [3.05, 3.63) is 16.1 Å². The minimum absolute atomic E-state index is 0.106. The molecular formula is C14H18N2OS. The molecule has 1 atom stereocenters. The maximum absolute atomic E-state index is 12.6. The number of aromatic nitrogens is 1. The summed E-state index contributed by atoms with van der Waals surface area (Å²) in [7, 11) is 0. The normalized spacial score (nSPS) is 26.9. The van der Waals surface area contributed by atoms with Crippen LogP contribution in [-0.4, -0.2) is 10.8 Å². The molecule has 0 aromatic carbocycles. The molecule has 1 fully saturated rings. The van der Waals surface area contributed by atoms with Gasteiger partial charge < -0.3 is 0 Å². The molecule has 4 heteroatoms. The summed E-state index contributed by atoms with van der Waals surface area (Å²) >= 11 is 1.58. The van der Waals surface area contributed by atoms with Gasteiger partial charge in [-0.05, 0) is 19.8 Å². The monoisotopic (exact) mass is 262 g/mol. The number of carbonyl (C=O) groups is 1. The smallest absolute Gasteiger partial charge is 0.159 e. The predicted octanol–water partition coefficient (Wildman–Crippen LogP) is 3.28. The molecular weight excluding hydrogens is 244 g/mol. The lowest BCUT2D eigenvalue weighted by Crippen LogP contribution is -2.44. The van der Waals surface area contributed by atoms with Gasteiger partial charge >= 0.3 is 0 Å². The topological polar surface area (TPSA) is 53.8 Å². The van der Waals surface area contributed by atoms with Crippen molar-refractivity contribution in [3.63, 3.8) is 0 Å². The van der Waals surface area contributed by atoms with Gasteiger partial charge in [0, 0.05) is 22.9 Å². The van der Waals surface area contributed by atoms with Gasteiger partial charge in [0.2, 0.25) is 0 Å². The second-order valence-corrected chi connectivity index (χ2v) is 7.10. The first-order valence-electron chi connectivity index (χ1n) is 6.27. The highest BCUT2D eigenvalue weighted by Crippen LogP contribution is 2.44. The second kappa shape index (κ2) is 4.47. The fourth-order valence-electron chi connectivity index (χ4n) is 2.81. The summed E-state index contributed by atoms with van der Waals surface area (Å²) in [4.78, 5) is 17.8. The van der Waals surface area contributed by atoms with Gasteiger partial charge in [-0.1, -0.05) is 20.3 Å². The molecule has 0 aliphatic heterocycles. The van der Waals surface area contributed by atoms with Gasteiger partial charge in [0.1, 0.15) is 5.41 Å². The van der Waals surface area contributed by atoms with E-state index in [2.05, 4.69) is 11.1 Å². The molecule has 2 rings (SSSR count). The molecule has 1 aromatic heterocycles. The summed E-state index contributed by atoms with van der Waals surface area (Å²) in [5.74, 6) is 0.106. The van der Waals surface area contributed by atoms with Crippen LogP contribution in [0.2, 0.25) is 0 Å². The SMILES string of the molecule is Cc1ncc(CC2(C#N)CCCC(C)(C)C2=O)s1. The lowest BCUT2D eigenvalue weighted by Gasteiger charge is -2.38. The number of Topliss-reactive ketones (excluding diaryl/α,β-unsaturated/α-hetero) is 1. The number of hydrogen-bond acceptors (Lipinski definition) is 4. The standard InChI is InChI=1S/C14H18N2OS/c1-10-16-8-11(18-10)7-14(9-15)6-4-5-13(2,3)12(14)17/h8H,4-7H2,1-3H3. The third kappa shape index (κ3) is 2.20. The van der Waals surface area contributed by atoms with Crippen molar-refractivity contribution in [2.24, 2.45) is 10.8 Å². The van der Waals surface area contributed by atoms with Crippen LogP contribution in [0.5, 0.6) is 0 Å². The maximum Gasteiger partial charge on any atom is 0.159 e. The number of aryl methyl sites for hydroxylation is 1. The van der Waals surface area contributed by atoms with E-state index in [1.165, 1.54) is 0 Å². The molecule has 1 saturated carbocycles. The zero-order chi connectivity index (χ0) is 13.4. The van der Waals surface area contributed by atoms with Crippen molar-refractivity contribution in [1.29, 1.82) is 5.26 Å². The highest BCUT2D eigenvalue weighted by atomic mass is 32.1. The Hall–Kier alpha value is -1.21. The number of thiazole rings is 1. The molecule has 1 aromatic rings. The van der Waals surface area contributed by atoms with E-state index in [1.54, 1.807) is 17.5 Å². The summed E-state index contributed by atoms with van der Waals surface area (Å²) in [5, 5.41) is 10.5. The zero-order valence-corrected chi connectivity index (χ0v) is 11.9. The number of hydrogen-bond donors (Lipinski definition) is 0. The van der Waals surface area contributed by atoms with Gasteiger partial charge in [-0.25, -0.2) is 4.98 Å². The molecule has 0 spiro atoms. The third-order valence-corrected chi connectivity index (χ3v) is 4.73. The molecule has 0 radical (unpaired) electrons. The number of nitriles is 1. The maximum atomic E-state index is 12.6. The minimum Gasteiger partial charge on any atom is -0.297 e. The third-order valence-electron chi connectivity index (χ3n) is 3.81. The van der Waals surface area contributed by atoms with E-state index in [0.717, 1.165) is 22.7 Å². The van der Waals surface area contributed by atoms with Crippen LogP contribution >= 0.6 is 11.3 Å². The first-order chi connectivity index (χ1) is 8.39. The Morgan fingerprint density at radius 2 is 2.22 bits per heavy atom. The molecule has 0 saturated heterocycles. The van der Waals surface area contributed by atoms with Crippen molar-refractivity contribution in [2.45, 2.75) is 46.5 Å². The van der Waals surface area contributed by atoms with Crippen molar-refractivity contribution < 1.29 is 4.79 Å². The molecule has 3 nitrogen and oxygen atoms in total. The van der Waals surface area contributed by atoms with E-state index >= 15 is 0 Å². The van der Waals surface area contributed by atoms with Crippen LogP contribution in [0.1, 0.15) is 43.0 Å². The highest BCUT2D eigenvalue weighted by molar-refractivity contribution is 7.11. The number of nitrogens with zero attached hydrogens (tertiary/aromatic N) is 2. The Kier molecular flexibility index (Phi) is 3.29. The van der Waals surface area contributed by atoms with Gasteiger partial charge in [0.25, 0.3) is 0 Å². The fourth-order valence-corrected chi connectivity index (χ4v) is 3.72. The van der Waals surface area contributed by atoms with E-state index < -0.39 is 5.41 Å². The van der Waals surface area contributed by atoms with Gasteiger partial charge in [-0.2, -0.15) is 5.26 Å². The van der Waals surface area contributed by atoms with Crippen molar-refractivity contribution in [1.82, 2.24) is 4.98 Å². The highest BCUT2D eigenvalue weighted by Gasteiger charge is 2.49.